The minimum absolute atomic E-state index is 0.0449. The number of likely N-dealkylation sites (N-methyl/N-ethyl adjacent to an activating group) is 2. The van der Waals surface area contributed by atoms with Crippen LogP contribution in [0.25, 0.3) is 0 Å². The number of nitrogens with one attached hydrogen (secondary N) is 3. The number of nitrogens with zero attached hydrogens (tertiary/aromatic N) is 4. The van der Waals surface area contributed by atoms with E-state index in [-0.39, 0.29) is 59.9 Å². The first-order valence-corrected chi connectivity index (χ1v) is 21.6. The smallest absolute Gasteiger partial charge is 0.246 e. The van der Waals surface area contributed by atoms with Gasteiger partial charge in [-0.25, -0.2) is 0 Å². The average Bonchev–Trinajstić information content (AvgIpc) is 3.84. The van der Waals surface area contributed by atoms with Gasteiger partial charge in [-0.1, -0.05) is 71.4 Å². The number of rotatable bonds is 19. The fraction of sp³-hybridized carbons (Fsp3) is 0.750. The van der Waals surface area contributed by atoms with Crippen LogP contribution in [-0.2, 0) is 39.9 Å². The first-order chi connectivity index (χ1) is 27.6. The number of carbonyl (C=O) groups is 5. The molecule has 5 amide bonds. The van der Waals surface area contributed by atoms with E-state index in [2.05, 4.69) is 29.8 Å². The second-order valence-electron chi connectivity index (χ2n) is 17.4. The number of hydrogen-bond acceptors (Lipinski definition) is 10. The summed E-state index contributed by atoms with van der Waals surface area (Å²) in [4.78, 5) is 77.3. The fourth-order valence-electron chi connectivity index (χ4n) is 9.50. The normalized spacial score (nSPS) is 23.9. The SMILES string of the molecule is CC[C@H](C)[C@@H]([C@@H](CC(=O)N1CCC[C@H]1[C@H](OC)[C@@H](C)C(=O)N[C@@H](Cc1ccccc1)C(=O)N1CCNCC1)OC)N(C)[C@H](C(=O)NC(=O)[C@]1(C)CCCN1C)C(C)C. The Balaban J connectivity index is 1.49. The largest absolute Gasteiger partial charge is 0.379 e. The van der Waals surface area contributed by atoms with E-state index < -0.39 is 35.7 Å². The molecular formula is C44H73N7O7. The molecule has 3 fully saturated rings. The number of amides is 5. The number of ether oxygens (including phenoxy) is 2. The first kappa shape index (κ1) is 47.3. The molecule has 58 heavy (non-hydrogen) atoms. The maximum atomic E-state index is 14.4. The Labute approximate surface area is 347 Å². The molecule has 0 unspecified atom stereocenters. The van der Waals surface area contributed by atoms with Gasteiger partial charge >= 0.3 is 0 Å². The molecule has 3 aliphatic rings. The van der Waals surface area contributed by atoms with Crippen LogP contribution in [0.15, 0.2) is 30.3 Å². The Bertz CT molecular complexity index is 1520. The molecule has 1 aromatic rings. The predicted molar refractivity (Wildman–Crippen MR) is 225 cm³/mol. The first-order valence-electron chi connectivity index (χ1n) is 21.6. The third kappa shape index (κ3) is 11.2. The van der Waals surface area contributed by atoms with Crippen LogP contribution in [0.5, 0.6) is 0 Å². The molecule has 0 bridgehead atoms. The summed E-state index contributed by atoms with van der Waals surface area (Å²) < 4.78 is 12.2. The van der Waals surface area contributed by atoms with Crippen molar-refractivity contribution in [3.05, 3.63) is 35.9 Å². The molecule has 0 spiro atoms. The zero-order chi connectivity index (χ0) is 42.7. The fourth-order valence-corrected chi connectivity index (χ4v) is 9.50. The Morgan fingerprint density at radius 2 is 1.62 bits per heavy atom. The van der Waals surface area contributed by atoms with Crippen LogP contribution in [0.3, 0.4) is 0 Å². The zero-order valence-corrected chi connectivity index (χ0v) is 36.9. The van der Waals surface area contributed by atoms with Crippen LogP contribution >= 0.6 is 0 Å². The van der Waals surface area contributed by atoms with Crippen molar-refractivity contribution in [3.63, 3.8) is 0 Å². The Kier molecular flexibility index (Phi) is 17.7. The molecule has 0 radical (unpaired) electrons. The van der Waals surface area contributed by atoms with Crippen molar-refractivity contribution < 1.29 is 33.4 Å². The molecule has 326 valence electrons. The second-order valence-corrected chi connectivity index (χ2v) is 17.4. The minimum atomic E-state index is -0.746. The van der Waals surface area contributed by atoms with E-state index in [0.29, 0.717) is 52.0 Å². The van der Waals surface area contributed by atoms with Gasteiger partial charge in [0.1, 0.15) is 6.04 Å². The van der Waals surface area contributed by atoms with Crippen LogP contribution in [0.1, 0.15) is 85.6 Å². The Morgan fingerprint density at radius 1 is 0.948 bits per heavy atom. The van der Waals surface area contributed by atoms with Crippen LogP contribution in [0, 0.1) is 17.8 Å². The molecule has 3 N–H and O–H groups in total. The van der Waals surface area contributed by atoms with Crippen molar-refractivity contribution in [1.29, 1.82) is 0 Å². The highest BCUT2D eigenvalue weighted by Gasteiger charge is 2.46. The van der Waals surface area contributed by atoms with Gasteiger partial charge in [-0.3, -0.25) is 39.1 Å². The summed E-state index contributed by atoms with van der Waals surface area (Å²) in [6.07, 6.45) is 3.04. The van der Waals surface area contributed by atoms with Crippen molar-refractivity contribution in [3.8, 4) is 0 Å². The topological polar surface area (TPSA) is 153 Å². The maximum absolute atomic E-state index is 14.4. The van der Waals surface area contributed by atoms with Crippen LogP contribution in [0.4, 0.5) is 0 Å². The molecule has 0 aliphatic carbocycles. The van der Waals surface area contributed by atoms with Crippen molar-refractivity contribution in [2.24, 2.45) is 17.8 Å². The lowest BCUT2D eigenvalue weighted by Gasteiger charge is -2.43. The number of piperazine rings is 1. The molecule has 3 heterocycles. The summed E-state index contributed by atoms with van der Waals surface area (Å²) >= 11 is 0. The summed E-state index contributed by atoms with van der Waals surface area (Å²) in [5, 5.41) is 9.11. The summed E-state index contributed by atoms with van der Waals surface area (Å²) in [5.41, 5.74) is 0.207. The van der Waals surface area contributed by atoms with Gasteiger partial charge < -0.3 is 29.9 Å². The standard InChI is InChI=1S/C44H73N7O7/c1-11-30(4)38(49(8)37(29(2)3)41(54)47-43(56)44(6)20-16-23-48(44)7)35(57-9)28-36(52)51-24-15-19-34(51)39(58-10)31(5)40(53)46-33(27-32-17-13-12-14-18-32)42(55)50-25-21-45-22-26-50/h12-14,17-18,29-31,33-35,37-39,45H,11,15-16,19-28H2,1-10H3,(H,46,53)(H,47,54,56)/t30-,31+,33-,34-,35+,37-,38-,39+,44-/m0/s1. The lowest BCUT2D eigenvalue weighted by atomic mass is 9.87. The van der Waals surface area contributed by atoms with Gasteiger partial charge in [-0.05, 0) is 70.6 Å². The quantitative estimate of drug-likeness (QED) is 0.190. The van der Waals surface area contributed by atoms with Crippen molar-refractivity contribution in [1.82, 2.24) is 35.6 Å². The molecule has 3 saturated heterocycles. The van der Waals surface area contributed by atoms with Gasteiger partial charge in [0, 0.05) is 59.4 Å². The molecule has 0 saturated carbocycles. The second kappa shape index (κ2) is 21.7. The summed E-state index contributed by atoms with van der Waals surface area (Å²) in [7, 11) is 6.98. The van der Waals surface area contributed by atoms with Gasteiger partial charge in [0.25, 0.3) is 0 Å². The molecule has 14 nitrogen and oxygen atoms in total. The highest BCUT2D eigenvalue weighted by Crippen LogP contribution is 2.31. The molecule has 14 heteroatoms. The van der Waals surface area contributed by atoms with E-state index in [0.717, 1.165) is 31.4 Å². The molecule has 0 aromatic heterocycles. The molecule has 4 rings (SSSR count). The van der Waals surface area contributed by atoms with Gasteiger partial charge in [-0.2, -0.15) is 0 Å². The van der Waals surface area contributed by atoms with E-state index in [1.807, 2.05) is 79.9 Å². The van der Waals surface area contributed by atoms with E-state index in [1.165, 1.54) is 0 Å². The number of carbonyl (C=O) groups excluding carboxylic acids is 5. The lowest BCUT2D eigenvalue weighted by molar-refractivity contribution is -0.145. The van der Waals surface area contributed by atoms with E-state index >= 15 is 0 Å². The van der Waals surface area contributed by atoms with Crippen molar-refractivity contribution in [2.75, 3.05) is 67.6 Å². The van der Waals surface area contributed by atoms with Gasteiger partial charge in [0.05, 0.1) is 42.2 Å². The highest BCUT2D eigenvalue weighted by molar-refractivity contribution is 6.02. The number of likely N-dealkylation sites (tertiary alicyclic amines) is 2. The van der Waals surface area contributed by atoms with Crippen LogP contribution in [-0.4, -0.2) is 159 Å². The van der Waals surface area contributed by atoms with Crippen molar-refractivity contribution in [2.45, 2.75) is 128 Å². The number of benzene rings is 1. The van der Waals surface area contributed by atoms with Gasteiger partial charge in [-0.15, -0.1) is 0 Å². The predicted octanol–water partition coefficient (Wildman–Crippen LogP) is 2.69. The molecule has 3 aliphatic heterocycles. The summed E-state index contributed by atoms with van der Waals surface area (Å²) in [6.45, 7) is 15.7. The maximum Gasteiger partial charge on any atom is 0.246 e. The summed E-state index contributed by atoms with van der Waals surface area (Å²) in [5.74, 6) is -1.91. The van der Waals surface area contributed by atoms with Gasteiger partial charge in [0.2, 0.25) is 29.5 Å². The highest BCUT2D eigenvalue weighted by atomic mass is 16.5. The Morgan fingerprint density at radius 3 is 2.19 bits per heavy atom. The van der Waals surface area contributed by atoms with Gasteiger partial charge in [0.15, 0.2) is 0 Å². The minimum Gasteiger partial charge on any atom is -0.379 e. The number of methoxy groups -OCH3 is 2. The van der Waals surface area contributed by atoms with Crippen LogP contribution < -0.4 is 16.0 Å². The van der Waals surface area contributed by atoms with Crippen molar-refractivity contribution >= 4 is 29.5 Å². The number of hydrogen-bond donors (Lipinski definition) is 3. The third-order valence-corrected chi connectivity index (χ3v) is 13.3. The zero-order valence-electron chi connectivity index (χ0n) is 36.9. The van der Waals surface area contributed by atoms with Crippen LogP contribution in [0.2, 0.25) is 0 Å². The monoisotopic (exact) mass is 812 g/mol. The molecule has 1 aromatic carbocycles. The average molecular weight is 812 g/mol. The van der Waals surface area contributed by atoms with E-state index in [1.54, 1.807) is 26.0 Å². The van der Waals surface area contributed by atoms with E-state index in [9.17, 15) is 24.0 Å². The Hall–Kier alpha value is -3.43. The number of imide groups is 1. The summed E-state index contributed by atoms with van der Waals surface area (Å²) in [6, 6.07) is 7.62. The molecular weight excluding hydrogens is 739 g/mol. The lowest BCUT2D eigenvalue weighted by Crippen LogP contribution is -2.61. The van der Waals surface area contributed by atoms with E-state index in [4.69, 9.17) is 9.47 Å². The third-order valence-electron chi connectivity index (χ3n) is 13.3. The molecule has 9 atom stereocenters.